The average molecular weight is 450 g/mol. The lowest BCUT2D eigenvalue weighted by atomic mass is 10.3. The zero-order chi connectivity index (χ0) is 20.6. The van der Waals surface area contributed by atoms with E-state index in [1.54, 1.807) is 18.1 Å². The van der Waals surface area contributed by atoms with Crippen molar-refractivity contribution in [2.75, 3.05) is 44.8 Å². The summed E-state index contributed by atoms with van der Waals surface area (Å²) in [6, 6.07) is 15.2. The monoisotopic (exact) mass is 449 g/mol. The van der Waals surface area contributed by atoms with Crippen molar-refractivity contribution in [2.45, 2.75) is 13.8 Å². The minimum atomic E-state index is -0.112. The molecule has 0 N–H and O–H groups in total. The summed E-state index contributed by atoms with van der Waals surface area (Å²) in [6.45, 7) is 7.44. The van der Waals surface area contributed by atoms with Gasteiger partial charge in [-0.1, -0.05) is 43.4 Å². The molecule has 0 spiro atoms. The topological polar surface area (TPSA) is 54.9 Å². The molecule has 1 amide bonds. The van der Waals surface area contributed by atoms with E-state index in [0.717, 1.165) is 29.9 Å². The predicted molar refractivity (Wildman–Crippen MR) is 125 cm³/mol. The maximum Gasteiger partial charge on any atom is 0.266 e. The molecule has 0 aliphatic carbocycles. The van der Waals surface area contributed by atoms with Crippen molar-refractivity contribution in [1.82, 2.24) is 9.88 Å². The quantitative estimate of drug-likeness (QED) is 0.456. The van der Waals surface area contributed by atoms with E-state index in [4.69, 9.17) is 9.47 Å². The van der Waals surface area contributed by atoms with E-state index in [-0.39, 0.29) is 24.9 Å². The van der Waals surface area contributed by atoms with Gasteiger partial charge in [-0.2, -0.15) is 0 Å². The first-order valence-corrected chi connectivity index (χ1v) is 10.6. The smallest absolute Gasteiger partial charge is 0.266 e. The third-order valence-corrected chi connectivity index (χ3v) is 5.81. The molecule has 0 atom stereocenters. The van der Waals surface area contributed by atoms with Crippen LogP contribution in [0.3, 0.4) is 0 Å². The molecule has 8 heteroatoms. The molecule has 2 aromatic carbocycles. The number of thiazole rings is 1. The lowest BCUT2D eigenvalue weighted by Gasteiger charge is -2.24. The summed E-state index contributed by atoms with van der Waals surface area (Å²) in [7, 11) is 1.60. The number of ether oxygens (including phenoxy) is 2. The summed E-state index contributed by atoms with van der Waals surface area (Å²) in [6.07, 6.45) is 0. The molecule has 0 bridgehead atoms. The van der Waals surface area contributed by atoms with Crippen molar-refractivity contribution in [3.8, 4) is 11.5 Å². The Morgan fingerprint density at radius 1 is 1.03 bits per heavy atom. The van der Waals surface area contributed by atoms with E-state index >= 15 is 0 Å². The van der Waals surface area contributed by atoms with Gasteiger partial charge in [-0.05, 0) is 37.4 Å². The van der Waals surface area contributed by atoms with Crippen LogP contribution in [0.5, 0.6) is 11.5 Å². The van der Waals surface area contributed by atoms with Crippen LogP contribution in [0.25, 0.3) is 10.2 Å². The highest BCUT2D eigenvalue weighted by atomic mass is 35.5. The number of halogens is 1. The fourth-order valence-electron chi connectivity index (χ4n) is 3.00. The number of likely N-dealkylation sites (N-methyl/N-ethyl adjacent to an activating group) is 1. The molecule has 3 aromatic rings. The normalized spacial score (nSPS) is 10.7. The van der Waals surface area contributed by atoms with Crippen LogP contribution in [0.15, 0.2) is 48.5 Å². The SMILES string of the molecule is CCN(CC)CCN(C(=O)COc1cccc(OC)c1)c1nc2ccccc2s1.Cl. The Labute approximate surface area is 187 Å². The first-order valence-electron chi connectivity index (χ1n) is 9.79. The second-order valence-electron chi connectivity index (χ2n) is 6.50. The highest BCUT2D eigenvalue weighted by Crippen LogP contribution is 2.29. The maximum atomic E-state index is 13.1. The van der Waals surface area contributed by atoms with Crippen LogP contribution in [0.1, 0.15) is 13.8 Å². The van der Waals surface area contributed by atoms with Crippen LogP contribution < -0.4 is 14.4 Å². The number of rotatable bonds is 10. The van der Waals surface area contributed by atoms with Crippen molar-refractivity contribution in [3.63, 3.8) is 0 Å². The molecular weight excluding hydrogens is 422 g/mol. The van der Waals surface area contributed by atoms with Gasteiger partial charge in [-0.15, -0.1) is 12.4 Å². The molecule has 0 saturated carbocycles. The summed E-state index contributed by atoms with van der Waals surface area (Å²) in [4.78, 5) is 21.8. The third kappa shape index (κ3) is 6.08. The Kier molecular flexibility index (Phi) is 9.36. The number of carbonyl (C=O) groups excluding carboxylic acids is 1. The van der Waals surface area contributed by atoms with Crippen molar-refractivity contribution in [1.29, 1.82) is 0 Å². The number of anilines is 1. The fourth-order valence-corrected chi connectivity index (χ4v) is 4.01. The summed E-state index contributed by atoms with van der Waals surface area (Å²) >= 11 is 1.53. The van der Waals surface area contributed by atoms with Gasteiger partial charge in [-0.25, -0.2) is 4.98 Å². The van der Waals surface area contributed by atoms with Crippen molar-refractivity contribution >= 4 is 45.0 Å². The number of aromatic nitrogens is 1. The summed E-state index contributed by atoms with van der Waals surface area (Å²) in [5.41, 5.74) is 0.904. The van der Waals surface area contributed by atoms with Gasteiger partial charge in [0.25, 0.3) is 5.91 Å². The molecule has 0 fully saturated rings. The predicted octanol–water partition coefficient (Wildman–Crippen LogP) is 4.48. The zero-order valence-electron chi connectivity index (χ0n) is 17.5. The lowest BCUT2D eigenvalue weighted by molar-refractivity contribution is -0.120. The zero-order valence-corrected chi connectivity index (χ0v) is 19.2. The standard InChI is InChI=1S/C22H27N3O3S.ClH/c1-4-24(5-2)13-14-25(22-23-19-11-6-7-12-20(19)29-22)21(26)16-28-18-10-8-9-17(15-18)27-3;/h6-12,15H,4-5,13-14,16H2,1-3H3;1H. The molecule has 0 unspecified atom stereocenters. The molecule has 30 heavy (non-hydrogen) atoms. The van der Waals surface area contributed by atoms with Crippen LogP contribution in [-0.2, 0) is 4.79 Å². The fraction of sp³-hybridized carbons (Fsp3) is 0.364. The highest BCUT2D eigenvalue weighted by Gasteiger charge is 2.21. The first kappa shape index (κ1) is 23.9. The summed E-state index contributed by atoms with van der Waals surface area (Å²) in [5.74, 6) is 1.18. The molecule has 0 saturated heterocycles. The van der Waals surface area contributed by atoms with Crippen LogP contribution in [0.2, 0.25) is 0 Å². The number of para-hydroxylation sites is 1. The Morgan fingerprint density at radius 3 is 2.47 bits per heavy atom. The van der Waals surface area contributed by atoms with Gasteiger partial charge in [0.2, 0.25) is 0 Å². The van der Waals surface area contributed by atoms with Crippen molar-refractivity contribution in [2.24, 2.45) is 0 Å². The van der Waals surface area contributed by atoms with Crippen LogP contribution in [-0.4, -0.2) is 55.7 Å². The number of hydrogen-bond donors (Lipinski definition) is 0. The second kappa shape index (κ2) is 11.7. The van der Waals surface area contributed by atoms with E-state index in [1.165, 1.54) is 11.3 Å². The highest BCUT2D eigenvalue weighted by molar-refractivity contribution is 7.22. The largest absolute Gasteiger partial charge is 0.497 e. The Hall–Kier alpha value is -2.35. The molecule has 162 valence electrons. The summed E-state index contributed by atoms with van der Waals surface area (Å²) < 4.78 is 12.0. The van der Waals surface area contributed by atoms with E-state index in [1.807, 2.05) is 42.5 Å². The van der Waals surface area contributed by atoms with E-state index in [9.17, 15) is 4.79 Å². The van der Waals surface area contributed by atoms with Crippen LogP contribution in [0.4, 0.5) is 5.13 Å². The van der Waals surface area contributed by atoms with Crippen molar-refractivity contribution < 1.29 is 14.3 Å². The van der Waals surface area contributed by atoms with Gasteiger partial charge in [0.15, 0.2) is 11.7 Å². The molecular formula is C22H28ClN3O3S. The number of methoxy groups -OCH3 is 1. The summed E-state index contributed by atoms with van der Waals surface area (Å²) in [5, 5.41) is 0.706. The lowest BCUT2D eigenvalue weighted by Crippen LogP contribution is -2.41. The number of carbonyl (C=O) groups is 1. The van der Waals surface area contributed by atoms with E-state index in [2.05, 4.69) is 23.7 Å². The van der Waals surface area contributed by atoms with E-state index in [0.29, 0.717) is 23.2 Å². The van der Waals surface area contributed by atoms with Crippen molar-refractivity contribution in [3.05, 3.63) is 48.5 Å². The third-order valence-electron chi connectivity index (χ3n) is 4.75. The van der Waals surface area contributed by atoms with Gasteiger partial charge in [-0.3, -0.25) is 9.69 Å². The minimum absolute atomic E-state index is 0. The Morgan fingerprint density at radius 2 is 1.77 bits per heavy atom. The second-order valence-corrected chi connectivity index (χ2v) is 7.51. The molecule has 0 radical (unpaired) electrons. The molecule has 6 nitrogen and oxygen atoms in total. The van der Waals surface area contributed by atoms with Gasteiger partial charge >= 0.3 is 0 Å². The number of fused-ring (bicyclic) bond motifs is 1. The number of benzene rings is 2. The minimum Gasteiger partial charge on any atom is -0.497 e. The first-order chi connectivity index (χ1) is 14.1. The average Bonchev–Trinajstić information content (AvgIpc) is 3.19. The number of amides is 1. The van der Waals surface area contributed by atoms with Gasteiger partial charge in [0.05, 0.1) is 17.3 Å². The Balaban J connectivity index is 0.00000320. The van der Waals surface area contributed by atoms with E-state index < -0.39 is 0 Å². The molecule has 1 aromatic heterocycles. The van der Waals surface area contributed by atoms with Gasteiger partial charge in [0, 0.05) is 19.2 Å². The Bertz CT molecular complexity index is 913. The van der Waals surface area contributed by atoms with Gasteiger partial charge in [0.1, 0.15) is 11.5 Å². The molecule has 1 heterocycles. The maximum absolute atomic E-state index is 13.1. The molecule has 0 aliphatic rings. The number of hydrogen-bond acceptors (Lipinski definition) is 6. The van der Waals surface area contributed by atoms with Gasteiger partial charge < -0.3 is 14.4 Å². The van der Waals surface area contributed by atoms with Crippen LogP contribution in [0, 0.1) is 0 Å². The number of nitrogens with zero attached hydrogens (tertiary/aromatic N) is 3. The van der Waals surface area contributed by atoms with Crippen LogP contribution >= 0.6 is 23.7 Å². The molecule has 0 aliphatic heterocycles. The molecule has 3 rings (SSSR count).